The summed E-state index contributed by atoms with van der Waals surface area (Å²) in [5.41, 5.74) is 0. The molecule has 0 aliphatic rings. The Labute approximate surface area is 121 Å². The van der Waals surface area contributed by atoms with E-state index in [0.29, 0.717) is 0 Å². The molecule has 3 N–H and O–H groups in total. The van der Waals surface area contributed by atoms with E-state index in [0.717, 1.165) is 4.90 Å². The van der Waals surface area contributed by atoms with Crippen LogP contribution in [0, 0.1) is 0 Å². The summed E-state index contributed by atoms with van der Waals surface area (Å²) >= 11 is 0. The van der Waals surface area contributed by atoms with E-state index in [-0.39, 0.29) is 19.0 Å². The molecule has 1 unspecified atom stereocenters. The van der Waals surface area contributed by atoms with Crippen molar-refractivity contribution in [2.75, 3.05) is 13.7 Å². The second-order valence-corrected chi connectivity index (χ2v) is 4.57. The van der Waals surface area contributed by atoms with Crippen LogP contribution in [0.3, 0.4) is 0 Å². The molecule has 21 heavy (non-hydrogen) atoms. The number of nitrogens with zero attached hydrogens (tertiary/aromatic N) is 1. The Kier molecular flexibility index (Phi) is 7.80. The number of carboxylic acids is 2. The average Bonchev–Trinajstić information content (AvgIpc) is 2.38. The van der Waals surface area contributed by atoms with Gasteiger partial charge in [-0.1, -0.05) is 0 Å². The van der Waals surface area contributed by atoms with Crippen LogP contribution in [0.2, 0.25) is 0 Å². The van der Waals surface area contributed by atoms with E-state index >= 15 is 0 Å². The number of carboxylic acid groups (broad SMARTS) is 2. The van der Waals surface area contributed by atoms with Crippen LogP contribution in [0.4, 0.5) is 4.79 Å². The van der Waals surface area contributed by atoms with Gasteiger partial charge in [-0.2, -0.15) is 0 Å². The standard InChI is InChI=1S/C12H20N2O7/c1-7(2)14(6-10(17)21-3)12(20)13-8(11(18)19)4-5-9(15)16/h7-8H,4-6H2,1-3H3,(H,13,20)(H,15,16)(H,18,19). The van der Waals surface area contributed by atoms with Crippen molar-refractivity contribution < 1.29 is 34.1 Å². The summed E-state index contributed by atoms with van der Waals surface area (Å²) in [5, 5.41) is 19.7. The van der Waals surface area contributed by atoms with E-state index in [9.17, 15) is 19.2 Å². The topological polar surface area (TPSA) is 133 Å². The molecule has 0 spiro atoms. The molecule has 0 saturated heterocycles. The van der Waals surface area contributed by atoms with E-state index in [2.05, 4.69) is 10.1 Å². The van der Waals surface area contributed by atoms with E-state index < -0.39 is 36.4 Å². The van der Waals surface area contributed by atoms with Gasteiger partial charge in [0.25, 0.3) is 0 Å². The Morgan fingerprint density at radius 2 is 1.76 bits per heavy atom. The van der Waals surface area contributed by atoms with Gasteiger partial charge in [-0.3, -0.25) is 9.59 Å². The van der Waals surface area contributed by atoms with Crippen molar-refractivity contribution in [1.29, 1.82) is 0 Å². The van der Waals surface area contributed by atoms with Crippen molar-refractivity contribution in [3.63, 3.8) is 0 Å². The lowest BCUT2D eigenvalue weighted by Crippen LogP contribution is -2.51. The highest BCUT2D eigenvalue weighted by Crippen LogP contribution is 2.03. The Balaban J connectivity index is 4.79. The van der Waals surface area contributed by atoms with Crippen molar-refractivity contribution in [1.82, 2.24) is 10.2 Å². The first-order chi connectivity index (χ1) is 9.68. The molecule has 9 heteroatoms. The average molecular weight is 304 g/mol. The lowest BCUT2D eigenvalue weighted by molar-refractivity contribution is -0.141. The number of hydrogen-bond donors (Lipinski definition) is 3. The second kappa shape index (κ2) is 8.77. The van der Waals surface area contributed by atoms with Crippen molar-refractivity contribution in [2.45, 2.75) is 38.8 Å². The molecule has 0 rings (SSSR count). The molecule has 0 fully saturated rings. The Bertz CT molecular complexity index is 408. The van der Waals surface area contributed by atoms with Crippen molar-refractivity contribution in [3.8, 4) is 0 Å². The molecule has 2 amide bonds. The van der Waals surface area contributed by atoms with Crippen molar-refractivity contribution >= 4 is 23.9 Å². The maximum absolute atomic E-state index is 12.0. The highest BCUT2D eigenvalue weighted by Gasteiger charge is 2.26. The molecule has 0 aliphatic heterocycles. The zero-order valence-electron chi connectivity index (χ0n) is 12.2. The molecular weight excluding hydrogens is 284 g/mol. The zero-order valence-corrected chi connectivity index (χ0v) is 12.2. The van der Waals surface area contributed by atoms with Crippen LogP contribution in [0.15, 0.2) is 0 Å². The van der Waals surface area contributed by atoms with Crippen molar-refractivity contribution in [2.24, 2.45) is 0 Å². The molecule has 0 aromatic heterocycles. The maximum Gasteiger partial charge on any atom is 0.326 e. The number of carbonyl (C=O) groups is 4. The normalized spacial score (nSPS) is 11.6. The van der Waals surface area contributed by atoms with Gasteiger partial charge in [0.1, 0.15) is 12.6 Å². The quantitative estimate of drug-likeness (QED) is 0.533. The molecule has 0 saturated carbocycles. The van der Waals surface area contributed by atoms with E-state index in [1.54, 1.807) is 13.8 Å². The Morgan fingerprint density at radius 1 is 1.19 bits per heavy atom. The van der Waals surface area contributed by atoms with Crippen LogP contribution in [-0.2, 0) is 19.1 Å². The summed E-state index contributed by atoms with van der Waals surface area (Å²) in [5.74, 6) is -3.14. The van der Waals surface area contributed by atoms with Crippen LogP contribution >= 0.6 is 0 Å². The van der Waals surface area contributed by atoms with Crippen LogP contribution < -0.4 is 5.32 Å². The van der Waals surface area contributed by atoms with Gasteiger partial charge in [0, 0.05) is 12.5 Å². The third kappa shape index (κ3) is 7.14. The Morgan fingerprint density at radius 3 is 2.14 bits per heavy atom. The van der Waals surface area contributed by atoms with Crippen LogP contribution in [-0.4, -0.2) is 64.8 Å². The van der Waals surface area contributed by atoms with Gasteiger partial charge in [0.15, 0.2) is 0 Å². The molecule has 120 valence electrons. The monoisotopic (exact) mass is 304 g/mol. The summed E-state index contributed by atoms with van der Waals surface area (Å²) in [7, 11) is 1.17. The fraction of sp³-hybridized carbons (Fsp3) is 0.667. The van der Waals surface area contributed by atoms with Crippen molar-refractivity contribution in [3.05, 3.63) is 0 Å². The number of aliphatic carboxylic acids is 2. The SMILES string of the molecule is COC(=O)CN(C(=O)NC(CCC(=O)O)C(=O)O)C(C)C. The second-order valence-electron chi connectivity index (χ2n) is 4.57. The third-order valence-electron chi connectivity index (χ3n) is 2.65. The van der Waals surface area contributed by atoms with Gasteiger partial charge >= 0.3 is 23.9 Å². The number of rotatable bonds is 8. The molecular formula is C12H20N2O7. The fourth-order valence-corrected chi connectivity index (χ4v) is 1.45. The highest BCUT2D eigenvalue weighted by molar-refractivity contribution is 5.85. The molecule has 0 aliphatic carbocycles. The lowest BCUT2D eigenvalue weighted by Gasteiger charge is -2.27. The van der Waals surface area contributed by atoms with Crippen LogP contribution in [0.25, 0.3) is 0 Å². The van der Waals surface area contributed by atoms with E-state index in [4.69, 9.17) is 10.2 Å². The molecule has 0 radical (unpaired) electrons. The number of urea groups is 1. The minimum absolute atomic E-state index is 0.249. The number of nitrogens with one attached hydrogen (secondary N) is 1. The summed E-state index contributed by atoms with van der Waals surface area (Å²) in [4.78, 5) is 45.8. The van der Waals surface area contributed by atoms with Gasteiger partial charge in [0.05, 0.1) is 7.11 Å². The first-order valence-corrected chi connectivity index (χ1v) is 6.27. The van der Waals surface area contributed by atoms with Crippen LogP contribution in [0.1, 0.15) is 26.7 Å². The number of esters is 1. The largest absolute Gasteiger partial charge is 0.481 e. The molecule has 0 aromatic rings. The van der Waals surface area contributed by atoms with Gasteiger partial charge in [-0.15, -0.1) is 0 Å². The summed E-state index contributed by atoms with van der Waals surface area (Å²) < 4.78 is 4.46. The predicted octanol–water partition coefficient (Wildman–Crippen LogP) is -0.103. The fourth-order valence-electron chi connectivity index (χ4n) is 1.45. The third-order valence-corrected chi connectivity index (χ3v) is 2.65. The highest BCUT2D eigenvalue weighted by atomic mass is 16.5. The minimum atomic E-state index is -1.34. The number of amides is 2. The summed E-state index contributed by atoms with van der Waals surface area (Å²) in [6, 6.07) is -2.47. The lowest BCUT2D eigenvalue weighted by atomic mass is 10.1. The molecule has 1 atom stereocenters. The predicted molar refractivity (Wildman–Crippen MR) is 70.7 cm³/mol. The molecule has 0 heterocycles. The number of ether oxygens (including phenoxy) is 1. The Hall–Kier alpha value is -2.32. The smallest absolute Gasteiger partial charge is 0.326 e. The molecule has 0 aromatic carbocycles. The zero-order chi connectivity index (χ0) is 16.6. The minimum Gasteiger partial charge on any atom is -0.481 e. The van der Waals surface area contributed by atoms with Gasteiger partial charge in [0.2, 0.25) is 0 Å². The summed E-state index contributed by atoms with van der Waals surface area (Å²) in [6.07, 6.45) is -0.642. The van der Waals surface area contributed by atoms with E-state index in [1.165, 1.54) is 7.11 Å². The van der Waals surface area contributed by atoms with Crippen LogP contribution in [0.5, 0.6) is 0 Å². The van der Waals surface area contributed by atoms with Gasteiger partial charge in [-0.05, 0) is 20.3 Å². The first-order valence-electron chi connectivity index (χ1n) is 6.27. The molecule has 0 bridgehead atoms. The summed E-state index contributed by atoms with van der Waals surface area (Å²) in [6.45, 7) is 2.97. The molecule has 9 nitrogen and oxygen atoms in total. The van der Waals surface area contributed by atoms with Gasteiger partial charge < -0.3 is 25.2 Å². The van der Waals surface area contributed by atoms with E-state index in [1.807, 2.05) is 0 Å². The maximum atomic E-state index is 12.0. The first kappa shape index (κ1) is 18.7. The number of carbonyl (C=O) groups excluding carboxylic acids is 2. The van der Waals surface area contributed by atoms with Gasteiger partial charge in [-0.25, -0.2) is 9.59 Å². The number of methoxy groups -OCH3 is 1. The number of hydrogen-bond acceptors (Lipinski definition) is 5.